The molecule has 0 unspecified atom stereocenters. The number of aryl methyl sites for hydroxylation is 1. The van der Waals surface area contributed by atoms with Crippen LogP contribution in [-0.2, 0) is 0 Å². The number of benzene rings is 2. The summed E-state index contributed by atoms with van der Waals surface area (Å²) in [4.78, 5) is 15.9. The van der Waals surface area contributed by atoms with Crippen LogP contribution in [0.25, 0.3) is 0 Å². The molecule has 0 bridgehead atoms. The zero-order valence-corrected chi connectivity index (χ0v) is 17.2. The summed E-state index contributed by atoms with van der Waals surface area (Å²) < 4.78 is 5.65. The van der Waals surface area contributed by atoms with Gasteiger partial charge >= 0.3 is 0 Å². The number of carbonyl (C=O) groups excluding carboxylic acids is 1. The Hall–Kier alpha value is -2.08. The van der Waals surface area contributed by atoms with Gasteiger partial charge in [-0.25, -0.2) is 0 Å². The summed E-state index contributed by atoms with van der Waals surface area (Å²) in [7, 11) is 0. The molecule has 1 saturated heterocycles. The van der Waals surface area contributed by atoms with Gasteiger partial charge in [0.2, 0.25) is 0 Å². The molecule has 0 aliphatic carbocycles. The predicted octanol–water partition coefficient (Wildman–Crippen LogP) is 3.41. The third kappa shape index (κ3) is 5.47. The first-order valence-corrected chi connectivity index (χ1v) is 9.95. The Morgan fingerprint density at radius 2 is 1.82 bits per heavy atom. The van der Waals surface area contributed by atoms with Crippen molar-refractivity contribution in [2.45, 2.75) is 20.0 Å². The molecule has 0 radical (unpaired) electrons. The van der Waals surface area contributed by atoms with Gasteiger partial charge in [-0.15, -0.1) is 0 Å². The quantitative estimate of drug-likeness (QED) is 0.719. The maximum absolute atomic E-state index is 11.3. The van der Waals surface area contributed by atoms with Crippen LogP contribution < -0.4 is 9.64 Å². The largest absolute Gasteiger partial charge is 0.491 e. The number of carbonyl (C=O) groups is 1. The Labute approximate surface area is 171 Å². The summed E-state index contributed by atoms with van der Waals surface area (Å²) in [5.41, 5.74) is 3.06. The van der Waals surface area contributed by atoms with Crippen molar-refractivity contribution in [3.63, 3.8) is 0 Å². The average Bonchev–Trinajstić information content (AvgIpc) is 2.69. The molecule has 1 fully saturated rings. The fourth-order valence-corrected chi connectivity index (χ4v) is 3.59. The first-order valence-electron chi connectivity index (χ1n) is 9.57. The van der Waals surface area contributed by atoms with Crippen LogP contribution in [0.5, 0.6) is 5.75 Å². The molecule has 1 N–H and O–H groups in total. The first kappa shape index (κ1) is 20.6. The van der Waals surface area contributed by atoms with Crippen LogP contribution in [0, 0.1) is 6.92 Å². The number of rotatable bonds is 7. The summed E-state index contributed by atoms with van der Waals surface area (Å²) in [5.74, 6) is 0.684. The zero-order valence-electron chi connectivity index (χ0n) is 16.4. The molecular formula is C22H27ClN2O3. The number of β-amino-alcohol motifs (C(OH)–C–C–N with tert-alkyl or cyclic N) is 1. The highest BCUT2D eigenvalue weighted by molar-refractivity contribution is 6.30. The lowest BCUT2D eigenvalue weighted by atomic mass is 10.1. The van der Waals surface area contributed by atoms with Crippen molar-refractivity contribution in [2.24, 2.45) is 0 Å². The molecule has 0 saturated carbocycles. The SMILES string of the molecule is CC(=O)c1ccc(OC[C@@H](O)CN2CCN(c3cc(Cl)ccc3C)CC2)cc1. The van der Waals surface area contributed by atoms with Gasteiger partial charge in [0, 0.05) is 49.0 Å². The van der Waals surface area contributed by atoms with E-state index in [1.807, 2.05) is 18.2 Å². The molecule has 1 heterocycles. The van der Waals surface area contributed by atoms with Gasteiger partial charge in [0.25, 0.3) is 0 Å². The molecule has 150 valence electrons. The monoisotopic (exact) mass is 402 g/mol. The number of halogens is 1. The summed E-state index contributed by atoms with van der Waals surface area (Å²) in [6, 6.07) is 13.0. The van der Waals surface area contributed by atoms with Gasteiger partial charge in [0.05, 0.1) is 0 Å². The van der Waals surface area contributed by atoms with E-state index in [1.165, 1.54) is 18.2 Å². The lowest BCUT2D eigenvalue weighted by molar-refractivity contribution is 0.0663. The molecule has 1 aliphatic rings. The minimum absolute atomic E-state index is 0.0266. The van der Waals surface area contributed by atoms with E-state index in [0.717, 1.165) is 31.2 Å². The molecule has 0 amide bonds. The number of ketones is 1. The van der Waals surface area contributed by atoms with Crippen molar-refractivity contribution >= 4 is 23.1 Å². The molecular weight excluding hydrogens is 376 g/mol. The van der Waals surface area contributed by atoms with E-state index in [0.29, 0.717) is 17.9 Å². The van der Waals surface area contributed by atoms with Crippen LogP contribution >= 0.6 is 11.6 Å². The average molecular weight is 403 g/mol. The second-order valence-electron chi connectivity index (χ2n) is 7.26. The van der Waals surface area contributed by atoms with Crippen molar-refractivity contribution in [3.05, 3.63) is 58.6 Å². The second-order valence-corrected chi connectivity index (χ2v) is 7.70. The van der Waals surface area contributed by atoms with Gasteiger partial charge in [-0.3, -0.25) is 9.69 Å². The predicted molar refractivity (Wildman–Crippen MR) is 113 cm³/mol. The molecule has 1 aliphatic heterocycles. The number of anilines is 1. The lowest BCUT2D eigenvalue weighted by Crippen LogP contribution is -2.49. The molecule has 6 heteroatoms. The van der Waals surface area contributed by atoms with Crippen molar-refractivity contribution < 1.29 is 14.6 Å². The summed E-state index contributed by atoms with van der Waals surface area (Å²) in [6.45, 7) is 8.02. The highest BCUT2D eigenvalue weighted by Crippen LogP contribution is 2.25. The number of hydrogen-bond acceptors (Lipinski definition) is 5. The lowest BCUT2D eigenvalue weighted by Gasteiger charge is -2.37. The van der Waals surface area contributed by atoms with E-state index in [2.05, 4.69) is 16.7 Å². The van der Waals surface area contributed by atoms with Gasteiger partial charge in [0.15, 0.2) is 5.78 Å². The number of aliphatic hydroxyl groups is 1. The third-order valence-electron chi connectivity index (χ3n) is 5.06. The number of nitrogens with zero attached hydrogens (tertiary/aromatic N) is 2. The van der Waals surface area contributed by atoms with E-state index < -0.39 is 6.10 Å². The fourth-order valence-electron chi connectivity index (χ4n) is 3.42. The third-order valence-corrected chi connectivity index (χ3v) is 5.29. The van der Waals surface area contributed by atoms with Crippen LogP contribution in [0.3, 0.4) is 0 Å². The molecule has 28 heavy (non-hydrogen) atoms. The van der Waals surface area contributed by atoms with Gasteiger partial charge in [-0.1, -0.05) is 17.7 Å². The number of Topliss-reactive ketones (excluding diaryl/α,β-unsaturated/α-hetero) is 1. The van der Waals surface area contributed by atoms with E-state index in [9.17, 15) is 9.90 Å². The topological polar surface area (TPSA) is 53.0 Å². The van der Waals surface area contributed by atoms with Gasteiger partial charge in [0.1, 0.15) is 18.5 Å². The fraction of sp³-hybridized carbons (Fsp3) is 0.409. The minimum atomic E-state index is -0.563. The van der Waals surface area contributed by atoms with Gasteiger partial charge in [-0.2, -0.15) is 0 Å². The standard InChI is InChI=1S/C22H27ClN2O3/c1-16-3-6-19(23)13-22(16)25-11-9-24(10-12-25)14-20(27)15-28-21-7-4-18(5-8-21)17(2)26/h3-8,13,20,27H,9-12,14-15H2,1-2H3/t20-/m0/s1. The van der Waals surface area contributed by atoms with Crippen LogP contribution in [0.1, 0.15) is 22.8 Å². The molecule has 5 nitrogen and oxygen atoms in total. The Balaban J connectivity index is 1.44. The molecule has 2 aromatic carbocycles. The maximum Gasteiger partial charge on any atom is 0.159 e. The number of piperazine rings is 1. The summed E-state index contributed by atoms with van der Waals surface area (Å²) in [5, 5.41) is 11.1. The first-order chi connectivity index (χ1) is 13.4. The minimum Gasteiger partial charge on any atom is -0.491 e. The summed E-state index contributed by atoms with van der Waals surface area (Å²) >= 11 is 6.14. The van der Waals surface area contributed by atoms with Crippen LogP contribution in [0.4, 0.5) is 5.69 Å². The van der Waals surface area contributed by atoms with Crippen molar-refractivity contribution in [3.8, 4) is 5.75 Å². The normalized spacial score (nSPS) is 16.1. The van der Waals surface area contributed by atoms with Crippen LogP contribution in [0.2, 0.25) is 5.02 Å². The molecule has 1 atom stereocenters. The van der Waals surface area contributed by atoms with E-state index in [-0.39, 0.29) is 12.4 Å². The van der Waals surface area contributed by atoms with Gasteiger partial charge < -0.3 is 14.7 Å². The zero-order chi connectivity index (χ0) is 20.1. The summed E-state index contributed by atoms with van der Waals surface area (Å²) in [6.07, 6.45) is -0.563. The van der Waals surface area contributed by atoms with Crippen LogP contribution in [0.15, 0.2) is 42.5 Å². The Morgan fingerprint density at radius 3 is 2.46 bits per heavy atom. The van der Waals surface area contributed by atoms with Crippen molar-refractivity contribution in [1.29, 1.82) is 0 Å². The Morgan fingerprint density at radius 1 is 1.14 bits per heavy atom. The van der Waals surface area contributed by atoms with Gasteiger partial charge in [-0.05, 0) is 55.8 Å². The number of aliphatic hydroxyl groups excluding tert-OH is 1. The Kier molecular flexibility index (Phi) is 6.94. The molecule has 2 aromatic rings. The highest BCUT2D eigenvalue weighted by Gasteiger charge is 2.21. The maximum atomic E-state index is 11.3. The molecule has 3 rings (SSSR count). The molecule has 0 spiro atoms. The second kappa shape index (κ2) is 9.41. The van der Waals surface area contributed by atoms with E-state index >= 15 is 0 Å². The van der Waals surface area contributed by atoms with Crippen molar-refractivity contribution in [1.82, 2.24) is 4.90 Å². The van der Waals surface area contributed by atoms with Crippen molar-refractivity contribution in [2.75, 3.05) is 44.2 Å². The van der Waals surface area contributed by atoms with E-state index in [4.69, 9.17) is 16.3 Å². The molecule has 0 aromatic heterocycles. The number of ether oxygens (including phenoxy) is 1. The van der Waals surface area contributed by atoms with Crippen LogP contribution in [-0.4, -0.2) is 61.2 Å². The highest BCUT2D eigenvalue weighted by atomic mass is 35.5. The Bertz CT molecular complexity index is 802. The van der Waals surface area contributed by atoms with E-state index in [1.54, 1.807) is 24.3 Å². The number of hydrogen-bond donors (Lipinski definition) is 1. The smallest absolute Gasteiger partial charge is 0.159 e.